The van der Waals surface area contributed by atoms with E-state index in [1.165, 1.54) is 33.4 Å². The van der Waals surface area contributed by atoms with Crippen molar-refractivity contribution >= 4 is 73.3 Å². The molecule has 5 rings (SSSR count). The number of nitrogen functional groups attached to an aromatic ring is 1. The number of aromatic nitrogens is 3. The van der Waals surface area contributed by atoms with Gasteiger partial charge >= 0.3 is 5.97 Å². The molecule has 3 aromatic rings. The molecule has 2 amide bonds. The summed E-state index contributed by atoms with van der Waals surface area (Å²) in [6.07, 6.45) is 4.61. The van der Waals surface area contributed by atoms with E-state index in [1.54, 1.807) is 0 Å². The number of carboxylic acid groups (broad SMARTS) is 1. The third-order valence-corrected chi connectivity index (χ3v) is 8.76. The molecule has 4 N–H and O–H groups in total. The molecule has 0 saturated carbocycles. The van der Waals surface area contributed by atoms with E-state index < -0.39 is 36.5 Å². The summed E-state index contributed by atoms with van der Waals surface area (Å²) in [6, 6.07) is 0.422. The lowest BCUT2D eigenvalue weighted by Crippen LogP contribution is -2.72. The first-order chi connectivity index (χ1) is 18.3. The smallest absolute Gasteiger partial charge is 0.353 e. The van der Waals surface area contributed by atoms with Crippen LogP contribution in [0.4, 0.5) is 9.52 Å². The highest BCUT2D eigenvalue weighted by molar-refractivity contribution is 8.04. The largest absolute Gasteiger partial charge is 0.477 e. The Morgan fingerprint density at radius 2 is 2.26 bits per heavy atom. The van der Waals surface area contributed by atoms with Crippen molar-refractivity contribution in [2.45, 2.75) is 29.3 Å². The second kappa shape index (κ2) is 10.6. The summed E-state index contributed by atoms with van der Waals surface area (Å²) in [5, 5.41) is 17.9. The van der Waals surface area contributed by atoms with E-state index >= 15 is 0 Å². The van der Waals surface area contributed by atoms with Gasteiger partial charge in [0.1, 0.15) is 43.3 Å². The minimum absolute atomic E-state index is 0.112. The number of carbonyl (C=O) groups excluding carboxylic acids is 2. The van der Waals surface area contributed by atoms with Gasteiger partial charge in [-0.2, -0.15) is 0 Å². The first kappa shape index (κ1) is 26.0. The maximum atomic E-state index is 13.1. The van der Waals surface area contributed by atoms with Crippen LogP contribution < -0.4 is 15.6 Å². The second-order valence-electron chi connectivity index (χ2n) is 8.32. The van der Waals surface area contributed by atoms with Crippen molar-refractivity contribution in [1.29, 1.82) is 0 Å². The highest BCUT2D eigenvalue weighted by atomic mass is 32.2. The molecule has 38 heavy (non-hydrogen) atoms. The zero-order chi connectivity index (χ0) is 27.0. The number of aryl methyl sites for hydroxylation is 1. The molecule has 2 aliphatic heterocycles. The lowest BCUT2D eigenvalue weighted by atomic mass is 9.86. The highest BCUT2D eigenvalue weighted by Gasteiger charge is 2.54. The summed E-state index contributed by atoms with van der Waals surface area (Å²) in [4.78, 5) is 53.5. The maximum Gasteiger partial charge on any atom is 0.353 e. The predicted molar refractivity (Wildman–Crippen MR) is 138 cm³/mol. The van der Waals surface area contributed by atoms with Crippen molar-refractivity contribution in [3.8, 4) is 0 Å². The number of alkyl halides is 1. The van der Waals surface area contributed by atoms with E-state index in [0.717, 1.165) is 21.6 Å². The van der Waals surface area contributed by atoms with E-state index in [4.69, 9.17) is 10.6 Å². The maximum absolute atomic E-state index is 13.1. The minimum Gasteiger partial charge on any atom is -0.477 e. The Bertz CT molecular complexity index is 1500. The van der Waals surface area contributed by atoms with E-state index in [2.05, 4.69) is 20.4 Å². The number of pyridine rings is 1. The number of halogens is 1. The van der Waals surface area contributed by atoms with Crippen LogP contribution in [0.1, 0.15) is 18.5 Å². The fourth-order valence-corrected chi connectivity index (χ4v) is 6.99. The molecule has 16 heteroatoms. The van der Waals surface area contributed by atoms with Gasteiger partial charge in [0.15, 0.2) is 27.6 Å². The monoisotopic (exact) mass is 578 g/mol. The minimum atomic E-state index is -1.23. The topological polar surface area (TPSA) is 164 Å². The summed E-state index contributed by atoms with van der Waals surface area (Å²) in [6.45, 7) is -1.18. The van der Waals surface area contributed by atoms with Gasteiger partial charge in [0.25, 0.3) is 11.8 Å². The van der Waals surface area contributed by atoms with Gasteiger partial charge in [0.05, 0.1) is 10.7 Å². The molecule has 1 fully saturated rings. The number of carboxylic acids is 1. The van der Waals surface area contributed by atoms with Crippen LogP contribution in [-0.4, -0.2) is 68.8 Å². The number of amides is 2. The van der Waals surface area contributed by atoms with Crippen LogP contribution in [0.15, 0.2) is 43.9 Å². The van der Waals surface area contributed by atoms with Crippen molar-refractivity contribution in [2.75, 3.05) is 19.0 Å². The van der Waals surface area contributed by atoms with Crippen LogP contribution >= 0.6 is 34.4 Å². The van der Waals surface area contributed by atoms with Gasteiger partial charge in [0, 0.05) is 16.4 Å². The number of nitrogens with zero attached hydrogens (tertiary/aromatic N) is 5. The van der Waals surface area contributed by atoms with Gasteiger partial charge in [-0.25, -0.2) is 23.7 Å². The normalized spacial score (nSPS) is 19.4. The number of nitrogens with two attached hydrogens (primary N) is 1. The number of thiazole rings is 2. The summed E-state index contributed by atoms with van der Waals surface area (Å²) in [7, 11) is 1.89. The lowest BCUT2D eigenvalue weighted by Gasteiger charge is -2.49. The van der Waals surface area contributed by atoms with Crippen LogP contribution in [0.2, 0.25) is 0 Å². The number of hydrogen-bond donors (Lipinski definition) is 3. The Balaban J connectivity index is 1.35. The summed E-state index contributed by atoms with van der Waals surface area (Å²) < 4.78 is 16.0. The molecule has 0 bridgehead atoms. The van der Waals surface area contributed by atoms with Crippen LogP contribution in [-0.2, 0) is 26.3 Å². The molecule has 0 radical (unpaired) electrons. The van der Waals surface area contributed by atoms with Crippen molar-refractivity contribution in [3.05, 3.63) is 40.1 Å². The molecule has 2 aliphatic rings. The van der Waals surface area contributed by atoms with Crippen molar-refractivity contribution in [1.82, 2.24) is 20.2 Å². The number of rotatable bonds is 9. The SMILES string of the molecule is C[n+]1ccc2sc(SC3=C(C(=O)O)N4C(=O)[C@@H](NC(=O)/C(=N\OCCF)c5csc(N)n5)[C@H]4CC3)nc2c1. The molecular weight excluding hydrogens is 557 g/mol. The van der Waals surface area contributed by atoms with Crippen molar-refractivity contribution in [3.63, 3.8) is 0 Å². The molecular formula is C22H21FN7O5S3+. The number of nitrogens with one attached hydrogen (secondary N) is 1. The molecule has 0 aromatic carbocycles. The Morgan fingerprint density at radius 1 is 1.45 bits per heavy atom. The Morgan fingerprint density at radius 3 is 2.97 bits per heavy atom. The number of oxime groups is 1. The number of fused-ring (bicyclic) bond motifs is 2. The van der Waals surface area contributed by atoms with E-state index in [-0.39, 0.29) is 28.8 Å². The highest BCUT2D eigenvalue weighted by Crippen LogP contribution is 2.44. The predicted octanol–water partition coefficient (Wildman–Crippen LogP) is 1.43. The fourth-order valence-electron chi connectivity index (χ4n) is 4.19. The van der Waals surface area contributed by atoms with Crippen LogP contribution in [0.25, 0.3) is 10.2 Å². The summed E-state index contributed by atoms with van der Waals surface area (Å²) >= 11 is 3.75. The summed E-state index contributed by atoms with van der Waals surface area (Å²) in [5.41, 5.74) is 6.19. The Labute approximate surface area is 227 Å². The summed E-state index contributed by atoms with van der Waals surface area (Å²) in [5.74, 6) is -2.56. The van der Waals surface area contributed by atoms with E-state index in [9.17, 15) is 23.9 Å². The average Bonchev–Trinajstić information content (AvgIpc) is 3.49. The molecule has 5 heterocycles. The first-order valence-electron chi connectivity index (χ1n) is 11.3. The quantitative estimate of drug-likeness (QED) is 0.112. The molecule has 198 valence electrons. The first-order valence-corrected chi connectivity index (χ1v) is 13.8. The number of carbonyl (C=O) groups is 3. The number of hydrogen-bond acceptors (Lipinski definition) is 11. The average molecular weight is 579 g/mol. The molecule has 0 unspecified atom stereocenters. The molecule has 2 atom stereocenters. The number of thioether (sulfide) groups is 1. The van der Waals surface area contributed by atoms with Gasteiger partial charge in [0.2, 0.25) is 0 Å². The number of anilines is 1. The van der Waals surface area contributed by atoms with Gasteiger partial charge in [-0.1, -0.05) is 16.9 Å². The van der Waals surface area contributed by atoms with E-state index in [0.29, 0.717) is 22.1 Å². The molecule has 1 saturated heterocycles. The molecule has 0 spiro atoms. The number of allylic oxidation sites excluding steroid dienone is 1. The fraction of sp³-hybridized carbons (Fsp3) is 0.318. The molecule has 3 aromatic heterocycles. The Kier molecular flexibility index (Phi) is 7.27. The standard InChI is InChI=1S/C22H20FN7O5S3/c1-29-6-4-13-10(8-29)26-22(37-13)38-14-3-2-12-16(19(32)30(12)17(14)20(33)34)27-18(31)15(28-35-7-5-23)11-9-36-21(24)25-11/h4,6,8-9,12,16H,2-3,5,7H2,1H3,(H3-,24,25,27,31,33,34)/p+1/b28-15-/t12-,16+/m1/s1. The Hall–Kier alpha value is -3.63. The van der Waals surface area contributed by atoms with Crippen LogP contribution in [0.3, 0.4) is 0 Å². The van der Waals surface area contributed by atoms with Gasteiger partial charge in [-0.05, 0) is 12.8 Å². The third kappa shape index (κ3) is 4.93. The molecule has 12 nitrogen and oxygen atoms in total. The number of aliphatic carboxylic acids is 1. The van der Waals surface area contributed by atoms with Crippen LogP contribution in [0.5, 0.6) is 0 Å². The van der Waals surface area contributed by atoms with Crippen molar-refractivity contribution in [2.24, 2.45) is 12.2 Å². The zero-order valence-corrected chi connectivity index (χ0v) is 22.2. The van der Waals surface area contributed by atoms with Crippen LogP contribution in [0, 0.1) is 0 Å². The van der Waals surface area contributed by atoms with Gasteiger partial charge in [-0.15, -0.1) is 22.7 Å². The lowest BCUT2D eigenvalue weighted by molar-refractivity contribution is -0.670. The number of β-lactam (4-membered cyclic amide) rings is 1. The van der Waals surface area contributed by atoms with Gasteiger partial charge in [-0.3, -0.25) is 14.5 Å². The van der Waals surface area contributed by atoms with Gasteiger partial charge < -0.3 is 21.0 Å². The zero-order valence-electron chi connectivity index (χ0n) is 19.8. The van der Waals surface area contributed by atoms with E-state index in [1.807, 2.05) is 30.1 Å². The second-order valence-corrected chi connectivity index (χ2v) is 11.6. The third-order valence-electron chi connectivity index (χ3n) is 5.84. The van der Waals surface area contributed by atoms with Crippen molar-refractivity contribution < 1.29 is 33.3 Å². The molecule has 0 aliphatic carbocycles.